The third-order valence-corrected chi connectivity index (χ3v) is 4.27. The molecule has 0 aromatic heterocycles. The zero-order chi connectivity index (χ0) is 20.7. The number of carbonyl (C=O) groups excluding carboxylic acids is 3. The second-order valence-electron chi connectivity index (χ2n) is 5.59. The van der Waals surface area contributed by atoms with Crippen LogP contribution in [0.2, 0.25) is 0 Å². The lowest BCUT2D eigenvalue weighted by Crippen LogP contribution is -2.43. The molecule has 2 aromatic rings. The smallest absolute Gasteiger partial charge is 0.338 e. The number of halogens is 1. The maximum absolute atomic E-state index is 12.2. The van der Waals surface area contributed by atoms with E-state index in [0.717, 1.165) is 10.0 Å². The van der Waals surface area contributed by atoms with Gasteiger partial charge in [-0.2, -0.15) is 0 Å². The van der Waals surface area contributed by atoms with E-state index >= 15 is 0 Å². The van der Waals surface area contributed by atoms with Crippen LogP contribution in [-0.2, 0) is 9.53 Å². The SMILES string of the molecule is COc1cc(C(=O)OCC(=O)NNC(=O)c2ccc(Br)cc2)cc(OC)c1C. The zero-order valence-electron chi connectivity index (χ0n) is 15.5. The fraction of sp³-hybridized carbons (Fsp3) is 0.211. The normalized spacial score (nSPS) is 10.0. The molecule has 148 valence electrons. The molecule has 0 saturated heterocycles. The summed E-state index contributed by atoms with van der Waals surface area (Å²) in [6, 6.07) is 9.56. The molecule has 0 saturated carbocycles. The van der Waals surface area contributed by atoms with Crippen molar-refractivity contribution in [2.24, 2.45) is 0 Å². The topological polar surface area (TPSA) is 103 Å². The Morgan fingerprint density at radius 3 is 2.04 bits per heavy atom. The molecule has 0 fully saturated rings. The molecular weight excluding hydrogens is 432 g/mol. The van der Waals surface area contributed by atoms with E-state index in [1.807, 2.05) is 0 Å². The van der Waals surface area contributed by atoms with E-state index < -0.39 is 24.4 Å². The highest BCUT2D eigenvalue weighted by Crippen LogP contribution is 2.29. The molecule has 0 atom stereocenters. The fourth-order valence-electron chi connectivity index (χ4n) is 2.25. The third kappa shape index (κ3) is 5.46. The fourth-order valence-corrected chi connectivity index (χ4v) is 2.52. The van der Waals surface area contributed by atoms with Crippen LogP contribution in [0.4, 0.5) is 0 Å². The number of nitrogens with one attached hydrogen (secondary N) is 2. The van der Waals surface area contributed by atoms with Crippen LogP contribution >= 0.6 is 15.9 Å². The Balaban J connectivity index is 1.89. The second kappa shape index (κ2) is 9.75. The Morgan fingerprint density at radius 1 is 0.929 bits per heavy atom. The molecule has 2 amide bonds. The first-order valence-electron chi connectivity index (χ1n) is 8.10. The molecule has 0 aliphatic heterocycles. The minimum Gasteiger partial charge on any atom is -0.496 e. The summed E-state index contributed by atoms with van der Waals surface area (Å²) in [4.78, 5) is 35.9. The minimum atomic E-state index is -0.731. The van der Waals surface area contributed by atoms with Crippen LogP contribution in [0.25, 0.3) is 0 Å². The van der Waals surface area contributed by atoms with Gasteiger partial charge in [0.2, 0.25) is 0 Å². The molecule has 0 aliphatic carbocycles. The van der Waals surface area contributed by atoms with Crippen LogP contribution in [0.1, 0.15) is 26.3 Å². The van der Waals surface area contributed by atoms with Crippen molar-refractivity contribution < 1.29 is 28.6 Å². The largest absolute Gasteiger partial charge is 0.496 e. The van der Waals surface area contributed by atoms with Crippen LogP contribution < -0.4 is 20.3 Å². The van der Waals surface area contributed by atoms with Crippen LogP contribution in [0.3, 0.4) is 0 Å². The average molecular weight is 451 g/mol. The van der Waals surface area contributed by atoms with Crippen molar-refractivity contribution >= 4 is 33.7 Å². The molecule has 28 heavy (non-hydrogen) atoms. The summed E-state index contributed by atoms with van der Waals surface area (Å²) in [7, 11) is 2.94. The summed E-state index contributed by atoms with van der Waals surface area (Å²) in [5.41, 5.74) is 5.68. The molecule has 8 nitrogen and oxygen atoms in total. The summed E-state index contributed by atoms with van der Waals surface area (Å²) in [6.07, 6.45) is 0. The van der Waals surface area contributed by atoms with Crippen LogP contribution in [-0.4, -0.2) is 38.6 Å². The first kappa shape index (κ1) is 21.2. The van der Waals surface area contributed by atoms with Gasteiger partial charge >= 0.3 is 5.97 Å². The first-order valence-corrected chi connectivity index (χ1v) is 8.89. The third-order valence-electron chi connectivity index (χ3n) is 3.74. The Bertz CT molecular complexity index is 857. The lowest BCUT2D eigenvalue weighted by atomic mass is 10.1. The number of hydrazine groups is 1. The predicted octanol–water partition coefficient (Wildman–Crippen LogP) is 2.39. The summed E-state index contributed by atoms with van der Waals surface area (Å²) in [6.45, 7) is 1.21. The zero-order valence-corrected chi connectivity index (χ0v) is 17.1. The summed E-state index contributed by atoms with van der Waals surface area (Å²) >= 11 is 3.27. The molecule has 0 spiro atoms. The van der Waals surface area contributed by atoms with E-state index in [9.17, 15) is 14.4 Å². The lowest BCUT2D eigenvalue weighted by Gasteiger charge is -2.12. The van der Waals surface area contributed by atoms with Crippen molar-refractivity contribution in [3.8, 4) is 11.5 Å². The molecular formula is C19H19BrN2O6. The van der Waals surface area contributed by atoms with Crippen molar-refractivity contribution in [3.05, 3.63) is 57.6 Å². The molecule has 2 aromatic carbocycles. The van der Waals surface area contributed by atoms with Crippen molar-refractivity contribution in [2.45, 2.75) is 6.92 Å². The highest BCUT2D eigenvalue weighted by Gasteiger charge is 2.16. The van der Waals surface area contributed by atoms with E-state index in [-0.39, 0.29) is 5.56 Å². The van der Waals surface area contributed by atoms with Gasteiger partial charge in [0.25, 0.3) is 11.8 Å². The molecule has 9 heteroatoms. The van der Waals surface area contributed by atoms with Gasteiger partial charge in [-0.25, -0.2) is 4.79 Å². The first-order chi connectivity index (χ1) is 13.3. The van der Waals surface area contributed by atoms with E-state index in [1.165, 1.54) is 26.4 Å². The second-order valence-corrected chi connectivity index (χ2v) is 6.51. The van der Waals surface area contributed by atoms with E-state index in [0.29, 0.717) is 17.1 Å². The van der Waals surface area contributed by atoms with Crippen molar-refractivity contribution in [1.82, 2.24) is 10.9 Å². The number of benzene rings is 2. The van der Waals surface area contributed by atoms with Crippen LogP contribution in [0, 0.1) is 6.92 Å². The lowest BCUT2D eigenvalue weighted by molar-refractivity contribution is -0.125. The van der Waals surface area contributed by atoms with Gasteiger partial charge in [-0.15, -0.1) is 0 Å². The Labute approximate surface area is 170 Å². The molecule has 0 heterocycles. The van der Waals surface area contributed by atoms with Gasteiger partial charge in [0.1, 0.15) is 11.5 Å². The van der Waals surface area contributed by atoms with Crippen molar-refractivity contribution in [3.63, 3.8) is 0 Å². The minimum absolute atomic E-state index is 0.172. The van der Waals surface area contributed by atoms with Gasteiger partial charge in [0.05, 0.1) is 19.8 Å². The standard InChI is InChI=1S/C19H19BrN2O6/c1-11-15(26-2)8-13(9-16(11)27-3)19(25)28-10-17(23)21-22-18(24)12-4-6-14(20)7-5-12/h4-9H,10H2,1-3H3,(H,21,23)(H,22,24). The van der Waals surface area contributed by atoms with Crippen LogP contribution in [0.5, 0.6) is 11.5 Å². The van der Waals surface area contributed by atoms with E-state index in [2.05, 4.69) is 26.8 Å². The molecule has 2 rings (SSSR count). The maximum Gasteiger partial charge on any atom is 0.338 e. The van der Waals surface area contributed by atoms with Crippen molar-refractivity contribution in [1.29, 1.82) is 0 Å². The molecule has 0 radical (unpaired) electrons. The van der Waals surface area contributed by atoms with E-state index in [1.54, 1.807) is 31.2 Å². The van der Waals surface area contributed by atoms with Gasteiger partial charge in [0.15, 0.2) is 6.61 Å². The van der Waals surface area contributed by atoms with E-state index in [4.69, 9.17) is 14.2 Å². The van der Waals surface area contributed by atoms with Gasteiger partial charge in [-0.05, 0) is 43.3 Å². The summed E-state index contributed by atoms with van der Waals surface area (Å²) < 4.78 is 16.2. The van der Waals surface area contributed by atoms with Crippen molar-refractivity contribution in [2.75, 3.05) is 20.8 Å². The maximum atomic E-state index is 12.2. The highest BCUT2D eigenvalue weighted by molar-refractivity contribution is 9.10. The number of rotatable bonds is 6. The van der Waals surface area contributed by atoms with Gasteiger partial charge in [-0.3, -0.25) is 20.4 Å². The highest BCUT2D eigenvalue weighted by atomic mass is 79.9. The Kier molecular flexibility index (Phi) is 7.39. The van der Waals surface area contributed by atoms with Crippen LogP contribution in [0.15, 0.2) is 40.9 Å². The molecule has 0 unspecified atom stereocenters. The predicted molar refractivity (Wildman–Crippen MR) is 104 cm³/mol. The number of esters is 1. The molecule has 0 aliphatic rings. The number of carbonyl (C=O) groups is 3. The average Bonchev–Trinajstić information content (AvgIpc) is 2.70. The quantitative estimate of drug-likeness (QED) is 0.517. The molecule has 2 N–H and O–H groups in total. The number of amides is 2. The Hall–Kier alpha value is -3.07. The van der Waals surface area contributed by atoms with Gasteiger partial charge in [0, 0.05) is 15.6 Å². The van der Waals surface area contributed by atoms with Gasteiger partial charge in [-0.1, -0.05) is 15.9 Å². The van der Waals surface area contributed by atoms with Gasteiger partial charge < -0.3 is 14.2 Å². The summed E-state index contributed by atoms with van der Waals surface area (Å²) in [5.74, 6) is -1.01. The number of ether oxygens (including phenoxy) is 3. The number of hydrogen-bond acceptors (Lipinski definition) is 6. The monoisotopic (exact) mass is 450 g/mol. The summed E-state index contributed by atoms with van der Waals surface area (Å²) in [5, 5.41) is 0. The number of hydrogen-bond donors (Lipinski definition) is 2. The molecule has 0 bridgehead atoms. The Morgan fingerprint density at radius 2 is 1.50 bits per heavy atom. The number of methoxy groups -OCH3 is 2.